The van der Waals surface area contributed by atoms with Gasteiger partial charge in [-0.1, -0.05) is 24.9 Å². The van der Waals surface area contributed by atoms with Crippen molar-refractivity contribution in [2.24, 2.45) is 5.92 Å². The van der Waals surface area contributed by atoms with E-state index in [0.717, 1.165) is 12.8 Å². The molecule has 1 aliphatic rings. The fraction of sp³-hybridized carbons (Fsp3) is 0.464. The summed E-state index contributed by atoms with van der Waals surface area (Å²) in [6.07, 6.45) is 3.76. The van der Waals surface area contributed by atoms with Crippen LogP contribution in [0.15, 0.2) is 42.6 Å². The van der Waals surface area contributed by atoms with E-state index < -0.39 is 5.92 Å². The van der Waals surface area contributed by atoms with Gasteiger partial charge in [0.2, 0.25) is 0 Å². The summed E-state index contributed by atoms with van der Waals surface area (Å²) >= 11 is 5.92. The molecule has 1 unspecified atom stereocenters. The molecule has 0 aliphatic carbocycles. The summed E-state index contributed by atoms with van der Waals surface area (Å²) in [5.74, 6) is -2.23. The van der Waals surface area contributed by atoms with Crippen molar-refractivity contribution >= 4 is 34.2 Å². The molecule has 2 heterocycles. The molecule has 1 saturated heterocycles. The fourth-order valence-corrected chi connectivity index (χ4v) is 4.96. The Hall–Kier alpha value is -3.04. The van der Waals surface area contributed by atoms with E-state index in [0.29, 0.717) is 58.9 Å². The molecule has 1 amide bonds. The molecule has 10 heteroatoms. The number of hydrogen-bond acceptors (Lipinski definition) is 5. The van der Waals surface area contributed by atoms with Crippen molar-refractivity contribution in [1.82, 2.24) is 20.0 Å². The standard InChI is InChI=1S/C28H33ClF2N4O3/c1-3-19(4-11-25(36)20-5-7-21(29)8-6-20)16-35-17-23-24(33-35)10-9-22(26(23)38-2)27(37)32-13-15-34-14-12-28(30,31)18-34/h5-10,17,19H,3-4,11-16,18H2,1-2H3,(H,32,37). The van der Waals surface area contributed by atoms with Crippen LogP contribution in [0.5, 0.6) is 5.75 Å². The predicted molar refractivity (Wildman–Crippen MR) is 143 cm³/mol. The van der Waals surface area contributed by atoms with E-state index in [4.69, 9.17) is 16.3 Å². The number of alkyl halides is 2. The molecule has 204 valence electrons. The number of ketones is 1. The molecule has 7 nitrogen and oxygen atoms in total. The number of likely N-dealkylation sites (tertiary alicyclic amines) is 1. The first-order valence-electron chi connectivity index (χ1n) is 12.9. The molecule has 1 aromatic heterocycles. The predicted octanol–water partition coefficient (Wildman–Crippen LogP) is 5.46. The second-order valence-corrected chi connectivity index (χ2v) is 10.2. The van der Waals surface area contributed by atoms with Gasteiger partial charge < -0.3 is 10.1 Å². The second-order valence-electron chi connectivity index (χ2n) is 9.81. The Kier molecular flexibility index (Phi) is 8.99. The van der Waals surface area contributed by atoms with Gasteiger partial charge in [0, 0.05) is 55.8 Å². The summed E-state index contributed by atoms with van der Waals surface area (Å²) in [6, 6.07) is 10.4. The summed E-state index contributed by atoms with van der Waals surface area (Å²) in [4.78, 5) is 27.1. The number of Topliss-reactive ketones (excluding diaryl/α,β-unsaturated/α-hetero) is 1. The van der Waals surface area contributed by atoms with E-state index >= 15 is 0 Å². The van der Waals surface area contributed by atoms with Gasteiger partial charge >= 0.3 is 0 Å². The van der Waals surface area contributed by atoms with E-state index in [1.807, 2.05) is 10.9 Å². The Labute approximate surface area is 226 Å². The second kappa shape index (κ2) is 12.2. The summed E-state index contributed by atoms with van der Waals surface area (Å²) in [7, 11) is 1.51. The number of aromatic nitrogens is 2. The van der Waals surface area contributed by atoms with Gasteiger partial charge in [-0.05, 0) is 48.7 Å². The summed E-state index contributed by atoms with van der Waals surface area (Å²) in [5, 5.41) is 8.79. The molecular formula is C28H33ClF2N4O3. The van der Waals surface area contributed by atoms with Crippen molar-refractivity contribution in [3.8, 4) is 5.75 Å². The number of rotatable bonds is 12. The Morgan fingerprint density at radius 1 is 1.21 bits per heavy atom. The van der Waals surface area contributed by atoms with E-state index in [-0.39, 0.29) is 37.1 Å². The van der Waals surface area contributed by atoms with E-state index in [1.54, 1.807) is 41.3 Å². The van der Waals surface area contributed by atoms with Crippen molar-refractivity contribution in [2.45, 2.75) is 45.1 Å². The molecule has 1 aliphatic heterocycles. The summed E-state index contributed by atoms with van der Waals surface area (Å²) < 4.78 is 34.2. The first-order valence-corrected chi connectivity index (χ1v) is 13.3. The van der Waals surface area contributed by atoms with Crippen molar-refractivity contribution in [2.75, 3.05) is 33.3 Å². The van der Waals surface area contributed by atoms with Crippen LogP contribution in [0.25, 0.3) is 10.9 Å². The average molecular weight is 547 g/mol. The van der Waals surface area contributed by atoms with Crippen LogP contribution in [0.3, 0.4) is 0 Å². The molecule has 0 spiro atoms. The number of halogens is 3. The van der Waals surface area contributed by atoms with Crippen molar-refractivity contribution in [1.29, 1.82) is 0 Å². The lowest BCUT2D eigenvalue weighted by Gasteiger charge is -2.16. The molecule has 0 saturated carbocycles. The maximum atomic E-state index is 13.4. The van der Waals surface area contributed by atoms with Crippen LogP contribution < -0.4 is 10.1 Å². The van der Waals surface area contributed by atoms with E-state index in [2.05, 4.69) is 17.3 Å². The minimum atomic E-state index is -2.65. The molecule has 0 radical (unpaired) electrons. The topological polar surface area (TPSA) is 76.5 Å². The molecule has 2 aromatic carbocycles. The van der Waals surface area contributed by atoms with Crippen LogP contribution >= 0.6 is 11.6 Å². The molecule has 3 aromatic rings. The third-order valence-electron chi connectivity index (χ3n) is 7.07. The highest BCUT2D eigenvalue weighted by Gasteiger charge is 2.37. The minimum Gasteiger partial charge on any atom is -0.495 e. The number of carbonyl (C=O) groups is 2. The number of fused-ring (bicyclic) bond motifs is 1. The lowest BCUT2D eigenvalue weighted by Crippen LogP contribution is -2.35. The number of benzene rings is 2. The number of nitrogens with one attached hydrogen (secondary N) is 1. The Bertz CT molecular complexity index is 1280. The minimum absolute atomic E-state index is 0.0847. The summed E-state index contributed by atoms with van der Waals surface area (Å²) in [6.45, 7) is 3.40. The maximum absolute atomic E-state index is 13.4. The van der Waals surface area contributed by atoms with Crippen molar-refractivity contribution in [3.05, 3.63) is 58.7 Å². The molecule has 4 rings (SSSR count). The zero-order chi connectivity index (χ0) is 27.3. The number of ether oxygens (including phenoxy) is 1. The van der Waals surface area contributed by atoms with Crippen LogP contribution in [0.1, 0.15) is 53.3 Å². The van der Waals surface area contributed by atoms with Gasteiger partial charge in [0.15, 0.2) is 5.78 Å². The Morgan fingerprint density at radius 2 is 1.97 bits per heavy atom. The molecular weight excluding hydrogens is 514 g/mol. The van der Waals surface area contributed by atoms with E-state index in [1.165, 1.54) is 7.11 Å². The quantitative estimate of drug-likeness (QED) is 0.305. The Morgan fingerprint density at radius 3 is 2.63 bits per heavy atom. The van der Waals surface area contributed by atoms with Gasteiger partial charge in [-0.2, -0.15) is 5.10 Å². The lowest BCUT2D eigenvalue weighted by molar-refractivity contribution is 0.0124. The van der Waals surface area contributed by atoms with Crippen LogP contribution in [0.4, 0.5) is 8.78 Å². The van der Waals surface area contributed by atoms with Crippen molar-refractivity contribution < 1.29 is 23.1 Å². The molecule has 1 fully saturated rings. The highest BCUT2D eigenvalue weighted by atomic mass is 35.5. The third-order valence-corrected chi connectivity index (χ3v) is 7.32. The lowest BCUT2D eigenvalue weighted by atomic mass is 9.96. The van der Waals surface area contributed by atoms with Crippen molar-refractivity contribution in [3.63, 3.8) is 0 Å². The van der Waals surface area contributed by atoms with Gasteiger partial charge in [0.05, 0.1) is 30.1 Å². The zero-order valence-corrected chi connectivity index (χ0v) is 22.4. The molecule has 1 atom stereocenters. The zero-order valence-electron chi connectivity index (χ0n) is 21.7. The van der Waals surface area contributed by atoms with Gasteiger partial charge in [-0.25, -0.2) is 8.78 Å². The normalized spacial score (nSPS) is 16.0. The maximum Gasteiger partial charge on any atom is 0.261 e. The third kappa shape index (κ3) is 6.88. The van der Waals surface area contributed by atoms with Crippen LogP contribution in [0, 0.1) is 5.92 Å². The van der Waals surface area contributed by atoms with E-state index in [9.17, 15) is 18.4 Å². The van der Waals surface area contributed by atoms with Crippen LogP contribution in [-0.4, -0.2) is 65.6 Å². The number of methoxy groups -OCH3 is 1. The molecule has 0 bridgehead atoms. The average Bonchev–Trinajstić information content (AvgIpc) is 3.47. The Balaban J connectivity index is 1.38. The first-order chi connectivity index (χ1) is 18.2. The first kappa shape index (κ1) is 28.0. The highest BCUT2D eigenvalue weighted by Crippen LogP contribution is 2.30. The number of nitrogens with zero attached hydrogens (tertiary/aromatic N) is 3. The number of carbonyl (C=O) groups excluding carboxylic acids is 2. The fourth-order valence-electron chi connectivity index (χ4n) is 4.83. The van der Waals surface area contributed by atoms with Gasteiger partial charge in [0.1, 0.15) is 5.75 Å². The number of amides is 1. The van der Waals surface area contributed by atoms with Crippen LogP contribution in [0.2, 0.25) is 5.02 Å². The smallest absolute Gasteiger partial charge is 0.261 e. The van der Waals surface area contributed by atoms with Crippen LogP contribution in [-0.2, 0) is 6.54 Å². The molecule has 1 N–H and O–H groups in total. The number of hydrogen-bond donors (Lipinski definition) is 1. The monoisotopic (exact) mass is 546 g/mol. The van der Waals surface area contributed by atoms with Gasteiger partial charge in [0.25, 0.3) is 11.8 Å². The summed E-state index contributed by atoms with van der Waals surface area (Å²) in [5.41, 5.74) is 1.72. The SMILES string of the molecule is CCC(CCC(=O)c1ccc(Cl)cc1)Cn1cc2c(OC)c(C(=O)NCCN3CCC(F)(F)C3)ccc2n1. The largest absolute Gasteiger partial charge is 0.495 e. The van der Waals surface area contributed by atoms with Gasteiger partial charge in [-0.15, -0.1) is 0 Å². The van der Waals surface area contributed by atoms with Gasteiger partial charge in [-0.3, -0.25) is 19.2 Å². The highest BCUT2D eigenvalue weighted by molar-refractivity contribution is 6.30. The molecule has 38 heavy (non-hydrogen) atoms.